The van der Waals surface area contributed by atoms with E-state index in [1.165, 1.54) is 20.3 Å². The average molecular weight is 696 g/mol. The molecule has 0 aliphatic carbocycles. The van der Waals surface area contributed by atoms with Crippen molar-refractivity contribution in [3.8, 4) is 17.0 Å². The third kappa shape index (κ3) is 8.60. The fraction of sp³-hybridized carbons (Fsp3) is 0.486. The number of hydrogen-bond acceptors (Lipinski definition) is 8. The van der Waals surface area contributed by atoms with Gasteiger partial charge in [0.2, 0.25) is 5.91 Å². The van der Waals surface area contributed by atoms with Crippen LogP contribution in [-0.2, 0) is 25.7 Å². The molecular weight excluding hydrogens is 649 g/mol. The molecule has 2 aromatic carbocycles. The number of carbonyl (C=O) groups excluding carboxylic acids is 3. The van der Waals surface area contributed by atoms with Crippen molar-refractivity contribution in [1.82, 2.24) is 14.5 Å². The lowest BCUT2D eigenvalue weighted by molar-refractivity contribution is -0.119. The number of carbonyl (C=O) groups is 3. The number of nitrogens with one attached hydrogen (secondary N) is 2. The number of fused-ring (bicyclic) bond motifs is 4. The number of halogens is 1. The first-order chi connectivity index (χ1) is 23.4. The van der Waals surface area contributed by atoms with Gasteiger partial charge in [0, 0.05) is 56.6 Å². The highest BCUT2D eigenvalue weighted by Gasteiger charge is 2.37. The number of aromatic nitrogens is 2. The molecule has 3 aromatic rings. The molecule has 0 spiro atoms. The van der Waals surface area contributed by atoms with E-state index < -0.39 is 38.2 Å². The Hall–Kier alpha value is -4.43. The molecule has 5 rings (SSSR count). The van der Waals surface area contributed by atoms with E-state index >= 15 is 4.39 Å². The zero-order valence-electron chi connectivity index (χ0n) is 29.0. The van der Waals surface area contributed by atoms with E-state index in [0.717, 1.165) is 6.04 Å². The first kappa shape index (κ1) is 35.9. The van der Waals surface area contributed by atoms with E-state index in [4.69, 9.17) is 23.9 Å². The first-order valence-corrected chi connectivity index (χ1v) is 20.3. The molecular formula is C35H46FN5O7Si. The van der Waals surface area contributed by atoms with E-state index in [0.29, 0.717) is 67.3 Å². The van der Waals surface area contributed by atoms with Gasteiger partial charge in [-0.2, -0.15) is 0 Å². The van der Waals surface area contributed by atoms with Gasteiger partial charge < -0.3 is 28.8 Å². The standard InChI is InChI=1S/C35H46FN5O7Si/c1-22-9-7-11-28(41-16-15-29(48-35(41)44)25-10-8-12-30(45-2)31(25)36)32-38-27(20-40(32)21-47-17-18-49(4,5)6)24-14-13-23(37-34(43)46-3)19-26(24)39-33(22)42/h8,10,12-14,19-20,22,28-29H,7,9,11,15-18,21H2,1-6H3,(H,37,43)(H,39,42)/t22-,28+,29?/m1/s1. The molecule has 1 saturated heterocycles. The summed E-state index contributed by atoms with van der Waals surface area (Å²) in [6, 6.07) is 10.4. The Balaban J connectivity index is 1.52. The highest BCUT2D eigenvalue weighted by molar-refractivity contribution is 6.76. The molecule has 0 saturated carbocycles. The summed E-state index contributed by atoms with van der Waals surface area (Å²) < 4.78 is 39.0. The average Bonchev–Trinajstić information content (AvgIpc) is 3.48. The first-order valence-electron chi connectivity index (χ1n) is 16.6. The second kappa shape index (κ2) is 15.4. The molecule has 264 valence electrons. The van der Waals surface area contributed by atoms with Crippen molar-refractivity contribution >= 4 is 37.5 Å². The van der Waals surface area contributed by atoms with Gasteiger partial charge in [-0.15, -0.1) is 0 Å². The number of imidazole rings is 1. The monoisotopic (exact) mass is 695 g/mol. The zero-order chi connectivity index (χ0) is 35.3. The van der Waals surface area contributed by atoms with Crippen molar-refractivity contribution in [2.45, 2.75) is 77.2 Å². The van der Waals surface area contributed by atoms with Gasteiger partial charge in [0.05, 0.1) is 31.6 Å². The summed E-state index contributed by atoms with van der Waals surface area (Å²) >= 11 is 0. The number of cyclic esters (lactones) is 1. The van der Waals surface area contributed by atoms with E-state index in [-0.39, 0.29) is 29.9 Å². The Morgan fingerprint density at radius 1 is 1.14 bits per heavy atom. The highest BCUT2D eigenvalue weighted by Crippen LogP contribution is 2.39. The van der Waals surface area contributed by atoms with E-state index in [1.807, 2.05) is 17.7 Å². The smallest absolute Gasteiger partial charge is 0.411 e. The maximum atomic E-state index is 15.1. The summed E-state index contributed by atoms with van der Waals surface area (Å²) in [7, 11) is 1.32. The molecule has 14 heteroatoms. The Morgan fingerprint density at radius 2 is 1.94 bits per heavy atom. The lowest BCUT2D eigenvalue weighted by atomic mass is 9.98. The summed E-state index contributed by atoms with van der Waals surface area (Å²) in [5, 5.41) is 5.68. The number of amides is 3. The van der Waals surface area contributed by atoms with Gasteiger partial charge in [-0.3, -0.25) is 15.0 Å². The molecule has 3 amide bonds. The minimum absolute atomic E-state index is 0.0885. The van der Waals surface area contributed by atoms with E-state index in [1.54, 1.807) is 35.2 Å². The zero-order valence-corrected chi connectivity index (χ0v) is 30.0. The fourth-order valence-corrected chi connectivity index (χ4v) is 6.81. The third-order valence-corrected chi connectivity index (χ3v) is 10.6. The van der Waals surface area contributed by atoms with Gasteiger partial charge in [0.25, 0.3) is 0 Å². The Bertz CT molecular complexity index is 1680. The van der Waals surface area contributed by atoms with Gasteiger partial charge in [0.1, 0.15) is 18.7 Å². The van der Waals surface area contributed by atoms with Crippen LogP contribution in [0.1, 0.15) is 56.1 Å². The number of anilines is 2. The minimum Gasteiger partial charge on any atom is -0.494 e. The number of benzene rings is 2. The fourth-order valence-electron chi connectivity index (χ4n) is 6.05. The lowest BCUT2D eigenvalue weighted by Gasteiger charge is -2.37. The molecule has 12 nitrogen and oxygen atoms in total. The molecule has 2 aliphatic rings. The number of rotatable bonds is 9. The molecule has 3 atom stereocenters. The van der Waals surface area contributed by atoms with Crippen LogP contribution in [0.4, 0.5) is 25.4 Å². The van der Waals surface area contributed by atoms with Crippen molar-refractivity contribution in [3.63, 3.8) is 0 Å². The second-order valence-electron chi connectivity index (χ2n) is 13.7. The van der Waals surface area contributed by atoms with Crippen molar-refractivity contribution in [2.75, 3.05) is 38.0 Å². The highest BCUT2D eigenvalue weighted by atomic mass is 28.3. The molecule has 3 heterocycles. The largest absolute Gasteiger partial charge is 0.494 e. The normalized spacial score (nSPS) is 19.9. The molecule has 49 heavy (non-hydrogen) atoms. The molecule has 1 fully saturated rings. The Labute approximate surface area is 287 Å². The van der Waals surface area contributed by atoms with Crippen LogP contribution in [0.5, 0.6) is 5.75 Å². The van der Waals surface area contributed by atoms with Gasteiger partial charge in [-0.05, 0) is 43.2 Å². The summed E-state index contributed by atoms with van der Waals surface area (Å²) in [4.78, 5) is 45.8. The summed E-state index contributed by atoms with van der Waals surface area (Å²) in [6.07, 6.45) is 1.94. The van der Waals surface area contributed by atoms with Crippen molar-refractivity contribution in [3.05, 3.63) is 59.8 Å². The van der Waals surface area contributed by atoms with Crippen LogP contribution >= 0.6 is 0 Å². The lowest BCUT2D eigenvalue weighted by Crippen LogP contribution is -2.42. The Morgan fingerprint density at radius 3 is 2.65 bits per heavy atom. The van der Waals surface area contributed by atoms with Gasteiger partial charge >= 0.3 is 12.2 Å². The quantitative estimate of drug-likeness (QED) is 0.173. The van der Waals surface area contributed by atoms with Crippen LogP contribution in [0.2, 0.25) is 25.7 Å². The SMILES string of the molecule is COC(=O)Nc1ccc2c(c1)NC(=O)[C@H](C)CCC[C@H](N1CCC(c3cccc(OC)c3F)OC1=O)c1nc-2cn1COCC[Si](C)(C)C. The topological polar surface area (TPSA) is 133 Å². The molecule has 2 bridgehead atoms. The van der Waals surface area contributed by atoms with Crippen molar-refractivity contribution in [2.24, 2.45) is 5.92 Å². The molecule has 1 aromatic heterocycles. The summed E-state index contributed by atoms with van der Waals surface area (Å²) in [5.74, 6) is -0.357. The number of hydrogen-bond donors (Lipinski definition) is 2. The van der Waals surface area contributed by atoms with E-state index in [2.05, 4.69) is 30.3 Å². The van der Waals surface area contributed by atoms with Crippen molar-refractivity contribution < 1.29 is 37.7 Å². The number of ether oxygens (including phenoxy) is 4. The summed E-state index contributed by atoms with van der Waals surface area (Å²) in [6.45, 7) is 9.82. The second-order valence-corrected chi connectivity index (χ2v) is 19.4. The molecule has 2 N–H and O–H groups in total. The van der Waals surface area contributed by atoms with Crippen molar-refractivity contribution in [1.29, 1.82) is 0 Å². The van der Waals surface area contributed by atoms with Gasteiger partial charge in [0.15, 0.2) is 11.6 Å². The van der Waals surface area contributed by atoms with Gasteiger partial charge in [-0.25, -0.2) is 19.0 Å². The maximum absolute atomic E-state index is 15.1. The number of methoxy groups -OCH3 is 2. The molecule has 2 aliphatic heterocycles. The van der Waals surface area contributed by atoms with Crippen LogP contribution in [0, 0.1) is 11.7 Å². The minimum atomic E-state index is -1.35. The van der Waals surface area contributed by atoms with Crippen LogP contribution in [-0.4, -0.2) is 68.0 Å². The molecule has 0 radical (unpaired) electrons. The predicted octanol–water partition coefficient (Wildman–Crippen LogP) is 7.57. The van der Waals surface area contributed by atoms with E-state index in [9.17, 15) is 14.4 Å². The maximum Gasteiger partial charge on any atom is 0.411 e. The van der Waals surface area contributed by atoms with Crippen LogP contribution in [0.15, 0.2) is 42.6 Å². The third-order valence-electron chi connectivity index (χ3n) is 8.93. The summed E-state index contributed by atoms with van der Waals surface area (Å²) in [5.41, 5.74) is 2.37. The molecule has 1 unspecified atom stereocenters. The predicted molar refractivity (Wildman–Crippen MR) is 186 cm³/mol. The van der Waals surface area contributed by atoms with Crippen LogP contribution in [0.3, 0.4) is 0 Å². The van der Waals surface area contributed by atoms with Crippen LogP contribution < -0.4 is 15.4 Å². The Kier molecular flexibility index (Phi) is 11.3. The number of nitrogens with zero attached hydrogens (tertiary/aromatic N) is 3. The van der Waals surface area contributed by atoms with Crippen LogP contribution in [0.25, 0.3) is 11.3 Å². The van der Waals surface area contributed by atoms with Gasteiger partial charge in [-0.1, -0.05) is 45.1 Å².